The van der Waals surface area contributed by atoms with Crippen LogP contribution in [0.3, 0.4) is 0 Å². The Labute approximate surface area is 250 Å². The lowest BCUT2D eigenvalue weighted by Gasteiger charge is -2.27. The average Bonchev–Trinajstić information content (AvgIpc) is 2.88. The van der Waals surface area contributed by atoms with Crippen molar-refractivity contribution in [2.24, 2.45) is 0 Å². The summed E-state index contributed by atoms with van der Waals surface area (Å²) in [5.74, 6) is 7.07. The van der Waals surface area contributed by atoms with Gasteiger partial charge in [0.25, 0.3) is 0 Å². The van der Waals surface area contributed by atoms with E-state index in [1.165, 1.54) is 54.4 Å². The Bertz CT molecular complexity index is 1070. The summed E-state index contributed by atoms with van der Waals surface area (Å²) in [4.78, 5) is 0. The van der Waals surface area contributed by atoms with Crippen LogP contribution in [-0.2, 0) is 0 Å². The standard InChI is InChI=1S/C32H40I2Si2/c1-7-9-11-19-25-35(3,4)31(33)29(27-21-15-13-16-22-27)30(28-23-17-14-18-24-28)32(34)36(5,6)26-20-12-10-8-2/h13-18,21-24H,7-12H2,1-6H3/b31-29+,32-30+. The maximum atomic E-state index is 3.76. The van der Waals surface area contributed by atoms with Crippen LogP contribution in [0.1, 0.15) is 63.5 Å². The van der Waals surface area contributed by atoms with E-state index in [0.29, 0.717) is 0 Å². The molecule has 0 N–H and O–H groups in total. The maximum Gasteiger partial charge on any atom is 0.170 e. The summed E-state index contributed by atoms with van der Waals surface area (Å²) in [5, 5.41) is 0. The number of benzene rings is 2. The Balaban J connectivity index is 2.87. The lowest BCUT2D eigenvalue weighted by Crippen LogP contribution is -2.28. The van der Waals surface area contributed by atoms with Gasteiger partial charge in [0.2, 0.25) is 0 Å². The molecule has 2 aromatic carbocycles. The van der Waals surface area contributed by atoms with Crippen molar-refractivity contribution in [1.29, 1.82) is 0 Å². The first-order valence-corrected chi connectivity index (χ1v) is 21.2. The predicted molar refractivity (Wildman–Crippen MR) is 184 cm³/mol. The SMILES string of the molecule is CCCCC#C[Si](C)(C)/C(I)=C(/C(=C(\I)[Si](C)(C)C#CCCCC)c1ccccc1)c1ccccc1. The van der Waals surface area contributed by atoms with E-state index in [1.54, 1.807) is 0 Å². The van der Waals surface area contributed by atoms with Gasteiger partial charge in [-0.25, -0.2) is 0 Å². The third-order valence-electron chi connectivity index (χ3n) is 6.02. The summed E-state index contributed by atoms with van der Waals surface area (Å²) in [6.07, 6.45) is 6.71. The van der Waals surface area contributed by atoms with Crippen LogP contribution >= 0.6 is 45.2 Å². The lowest BCUT2D eigenvalue weighted by atomic mass is 9.95. The molecule has 0 aromatic heterocycles. The second kappa shape index (κ2) is 15.4. The van der Waals surface area contributed by atoms with Gasteiger partial charge in [-0.15, -0.1) is 22.9 Å². The summed E-state index contributed by atoms with van der Waals surface area (Å²) in [6, 6.07) is 21.9. The molecule has 0 saturated heterocycles. The van der Waals surface area contributed by atoms with Crippen LogP contribution in [0.15, 0.2) is 67.1 Å². The molecular formula is C32H40I2Si2. The zero-order valence-electron chi connectivity index (χ0n) is 22.8. The summed E-state index contributed by atoms with van der Waals surface area (Å²) in [5.41, 5.74) is 12.8. The molecule has 0 spiro atoms. The second-order valence-electron chi connectivity index (χ2n) is 10.2. The molecule has 0 atom stereocenters. The van der Waals surface area contributed by atoms with Gasteiger partial charge in [0.15, 0.2) is 16.1 Å². The van der Waals surface area contributed by atoms with Gasteiger partial charge in [0, 0.05) is 12.8 Å². The lowest BCUT2D eigenvalue weighted by molar-refractivity contribution is 0.828. The van der Waals surface area contributed by atoms with Crippen molar-refractivity contribution in [3.05, 3.63) is 78.2 Å². The first kappa shape index (κ1) is 31.2. The maximum absolute atomic E-state index is 3.76. The van der Waals surface area contributed by atoms with E-state index in [-0.39, 0.29) is 0 Å². The number of allylic oxidation sites excluding steroid dienone is 2. The summed E-state index contributed by atoms with van der Waals surface area (Å²) in [6.45, 7) is 14.1. The topological polar surface area (TPSA) is 0 Å². The minimum atomic E-state index is -1.99. The number of hydrogen-bond donors (Lipinski definition) is 0. The van der Waals surface area contributed by atoms with Crippen LogP contribution in [-0.4, -0.2) is 16.1 Å². The van der Waals surface area contributed by atoms with Crippen molar-refractivity contribution in [2.75, 3.05) is 0 Å². The molecule has 0 fully saturated rings. The Morgan fingerprint density at radius 3 is 1.25 bits per heavy atom. The molecule has 0 aliphatic rings. The fourth-order valence-electron chi connectivity index (χ4n) is 3.80. The van der Waals surface area contributed by atoms with Gasteiger partial charge in [-0.2, -0.15) is 0 Å². The number of halogens is 2. The van der Waals surface area contributed by atoms with E-state index in [2.05, 4.69) is 169 Å². The van der Waals surface area contributed by atoms with Gasteiger partial charge in [0.05, 0.1) is 0 Å². The molecule has 2 rings (SSSR count). The molecule has 0 saturated carbocycles. The monoisotopic (exact) mass is 734 g/mol. The van der Waals surface area contributed by atoms with Crippen LogP contribution in [0.4, 0.5) is 0 Å². The van der Waals surface area contributed by atoms with Crippen molar-refractivity contribution in [1.82, 2.24) is 0 Å². The number of hydrogen-bond acceptors (Lipinski definition) is 0. The fraction of sp³-hybridized carbons (Fsp3) is 0.375. The Kier molecular flexibility index (Phi) is 13.3. The molecule has 0 amide bonds. The summed E-state index contributed by atoms with van der Waals surface area (Å²) in [7, 11) is -3.98. The highest BCUT2D eigenvalue weighted by Gasteiger charge is 2.32. The first-order chi connectivity index (χ1) is 17.2. The van der Waals surface area contributed by atoms with Crippen LogP contribution in [0.25, 0.3) is 11.1 Å². The zero-order valence-corrected chi connectivity index (χ0v) is 29.1. The van der Waals surface area contributed by atoms with Gasteiger partial charge < -0.3 is 0 Å². The molecule has 4 heteroatoms. The normalized spacial score (nSPS) is 13.0. The first-order valence-electron chi connectivity index (χ1n) is 13.1. The Hall–Kier alpha value is -1.07. The van der Waals surface area contributed by atoms with Crippen molar-refractivity contribution in [3.63, 3.8) is 0 Å². The second-order valence-corrected chi connectivity index (χ2v) is 22.4. The van der Waals surface area contributed by atoms with E-state index in [4.69, 9.17) is 0 Å². The molecule has 190 valence electrons. The molecule has 0 radical (unpaired) electrons. The molecule has 0 nitrogen and oxygen atoms in total. The largest absolute Gasteiger partial charge is 0.170 e. The zero-order chi connectivity index (χ0) is 26.6. The van der Waals surface area contributed by atoms with E-state index in [0.717, 1.165) is 12.8 Å². The van der Waals surface area contributed by atoms with E-state index in [1.807, 2.05) is 0 Å². The fourth-order valence-corrected chi connectivity index (χ4v) is 8.92. The predicted octanol–water partition coefficient (Wildman–Crippen LogP) is 10.6. The van der Waals surface area contributed by atoms with Gasteiger partial charge in [-0.1, -0.05) is 159 Å². The Morgan fingerprint density at radius 2 is 0.944 bits per heavy atom. The molecule has 0 aliphatic heterocycles. The summed E-state index contributed by atoms with van der Waals surface area (Å²) < 4.78 is 2.85. The van der Waals surface area contributed by atoms with Gasteiger partial charge in [-0.3, -0.25) is 0 Å². The Morgan fingerprint density at radius 1 is 0.611 bits per heavy atom. The van der Waals surface area contributed by atoms with Gasteiger partial charge >= 0.3 is 0 Å². The minimum Gasteiger partial charge on any atom is -0.126 e. The summed E-state index contributed by atoms with van der Waals surface area (Å²) >= 11 is 5.27. The highest BCUT2D eigenvalue weighted by molar-refractivity contribution is 14.1. The van der Waals surface area contributed by atoms with E-state index < -0.39 is 16.1 Å². The average molecular weight is 735 g/mol. The third kappa shape index (κ3) is 9.05. The number of unbranched alkanes of at least 4 members (excludes halogenated alkanes) is 4. The van der Waals surface area contributed by atoms with E-state index in [9.17, 15) is 0 Å². The molecule has 2 aromatic rings. The number of rotatable bonds is 9. The third-order valence-corrected chi connectivity index (χ3v) is 19.5. The highest BCUT2D eigenvalue weighted by atomic mass is 127. The molecule has 0 aliphatic carbocycles. The molecular weight excluding hydrogens is 694 g/mol. The minimum absolute atomic E-state index is 0.990. The molecule has 36 heavy (non-hydrogen) atoms. The van der Waals surface area contributed by atoms with Gasteiger partial charge in [-0.05, 0) is 41.5 Å². The quantitative estimate of drug-likeness (QED) is 0.0791. The van der Waals surface area contributed by atoms with Gasteiger partial charge in [0.1, 0.15) is 0 Å². The van der Waals surface area contributed by atoms with Crippen molar-refractivity contribution in [3.8, 4) is 22.9 Å². The smallest absolute Gasteiger partial charge is 0.126 e. The molecule has 0 unspecified atom stereocenters. The van der Waals surface area contributed by atoms with Crippen LogP contribution in [0.2, 0.25) is 26.2 Å². The van der Waals surface area contributed by atoms with Crippen LogP contribution in [0.5, 0.6) is 0 Å². The van der Waals surface area contributed by atoms with E-state index >= 15 is 0 Å². The molecule has 0 heterocycles. The van der Waals surface area contributed by atoms with Crippen molar-refractivity contribution in [2.45, 2.75) is 78.6 Å². The van der Waals surface area contributed by atoms with Crippen LogP contribution in [0, 0.1) is 22.9 Å². The highest BCUT2D eigenvalue weighted by Crippen LogP contribution is 2.44. The van der Waals surface area contributed by atoms with Crippen molar-refractivity contribution < 1.29 is 0 Å². The van der Waals surface area contributed by atoms with Crippen LogP contribution < -0.4 is 0 Å². The molecule has 0 bridgehead atoms. The van der Waals surface area contributed by atoms with Crippen molar-refractivity contribution >= 4 is 72.5 Å².